The van der Waals surface area contributed by atoms with Crippen LogP contribution < -0.4 is 10.5 Å². The molecule has 3 N–H and O–H groups in total. The summed E-state index contributed by atoms with van der Waals surface area (Å²) in [7, 11) is -3.22. The van der Waals surface area contributed by atoms with E-state index >= 15 is 0 Å². The third-order valence-electron chi connectivity index (χ3n) is 2.41. The molecule has 5 heteroatoms. The number of hydrogen-bond acceptors (Lipinski definition) is 3. The predicted octanol–water partition coefficient (Wildman–Crippen LogP) is 1.52. The van der Waals surface area contributed by atoms with Crippen molar-refractivity contribution in [2.24, 2.45) is 0 Å². The Morgan fingerprint density at radius 1 is 1.40 bits per heavy atom. The highest BCUT2D eigenvalue weighted by molar-refractivity contribution is 7.92. The Labute approximate surface area is 89.5 Å². The van der Waals surface area contributed by atoms with Crippen molar-refractivity contribution in [1.82, 2.24) is 0 Å². The van der Waals surface area contributed by atoms with Crippen molar-refractivity contribution >= 4 is 21.4 Å². The summed E-state index contributed by atoms with van der Waals surface area (Å²) in [6.45, 7) is 0. The zero-order valence-corrected chi connectivity index (χ0v) is 9.34. The Balaban J connectivity index is 2.25. The average Bonchev–Trinajstić information content (AvgIpc) is 2.84. The van der Waals surface area contributed by atoms with Gasteiger partial charge in [0.15, 0.2) is 0 Å². The molecule has 2 rings (SSSR count). The van der Waals surface area contributed by atoms with Crippen LogP contribution in [0.5, 0.6) is 0 Å². The van der Waals surface area contributed by atoms with E-state index in [0.29, 0.717) is 17.3 Å². The molecule has 0 spiro atoms. The molecule has 1 aliphatic carbocycles. The van der Waals surface area contributed by atoms with E-state index in [4.69, 9.17) is 5.73 Å². The largest absolute Gasteiger partial charge is 0.398 e. The number of nitrogens with one attached hydrogen (secondary N) is 1. The molecule has 1 aromatic rings. The maximum atomic E-state index is 11.0. The maximum Gasteiger partial charge on any atom is 0.229 e. The fourth-order valence-corrected chi connectivity index (χ4v) is 2.17. The molecule has 1 saturated carbocycles. The van der Waals surface area contributed by atoms with Crippen molar-refractivity contribution in [3.63, 3.8) is 0 Å². The lowest BCUT2D eigenvalue weighted by Crippen LogP contribution is -2.09. The van der Waals surface area contributed by atoms with Gasteiger partial charge in [-0.05, 0) is 36.5 Å². The Hall–Kier alpha value is -1.23. The van der Waals surface area contributed by atoms with E-state index in [-0.39, 0.29) is 0 Å². The topological polar surface area (TPSA) is 72.2 Å². The lowest BCUT2D eigenvalue weighted by atomic mass is 10.1. The van der Waals surface area contributed by atoms with Gasteiger partial charge in [0.1, 0.15) is 0 Å². The Kier molecular flexibility index (Phi) is 2.34. The number of sulfonamides is 1. The molecule has 0 unspecified atom stereocenters. The molecular formula is C10H14N2O2S. The van der Waals surface area contributed by atoms with Crippen LogP contribution in [-0.2, 0) is 10.0 Å². The minimum Gasteiger partial charge on any atom is -0.398 e. The molecule has 1 aliphatic rings. The average molecular weight is 226 g/mol. The number of nitrogens with two attached hydrogens (primary N) is 1. The Morgan fingerprint density at radius 3 is 2.53 bits per heavy atom. The van der Waals surface area contributed by atoms with E-state index in [0.717, 1.165) is 11.8 Å². The second kappa shape index (κ2) is 3.41. The van der Waals surface area contributed by atoms with Gasteiger partial charge in [0.25, 0.3) is 0 Å². The fraction of sp³-hybridized carbons (Fsp3) is 0.400. The molecule has 0 aliphatic heterocycles. The summed E-state index contributed by atoms with van der Waals surface area (Å²) >= 11 is 0. The third kappa shape index (κ3) is 2.62. The van der Waals surface area contributed by atoms with Gasteiger partial charge in [0, 0.05) is 5.69 Å². The summed E-state index contributed by atoms with van der Waals surface area (Å²) < 4.78 is 24.4. The normalized spacial score (nSPS) is 16.3. The number of anilines is 2. The van der Waals surface area contributed by atoms with Crippen molar-refractivity contribution < 1.29 is 8.42 Å². The van der Waals surface area contributed by atoms with Crippen molar-refractivity contribution in [3.8, 4) is 0 Å². The minimum absolute atomic E-state index is 0.527. The molecule has 4 nitrogen and oxygen atoms in total. The van der Waals surface area contributed by atoms with Gasteiger partial charge in [0.05, 0.1) is 11.9 Å². The van der Waals surface area contributed by atoms with Gasteiger partial charge in [0.2, 0.25) is 10.0 Å². The molecule has 1 aromatic carbocycles. The van der Waals surface area contributed by atoms with Crippen LogP contribution in [-0.4, -0.2) is 14.7 Å². The summed E-state index contributed by atoms with van der Waals surface area (Å²) in [5.41, 5.74) is 8.18. The van der Waals surface area contributed by atoms with E-state index in [1.165, 1.54) is 12.8 Å². The first-order valence-electron chi connectivity index (χ1n) is 4.83. The molecule has 0 radical (unpaired) electrons. The van der Waals surface area contributed by atoms with Crippen LogP contribution in [0.2, 0.25) is 0 Å². The van der Waals surface area contributed by atoms with Crippen molar-refractivity contribution in [2.45, 2.75) is 18.8 Å². The van der Waals surface area contributed by atoms with Gasteiger partial charge < -0.3 is 5.73 Å². The zero-order valence-electron chi connectivity index (χ0n) is 8.53. The number of hydrogen-bond donors (Lipinski definition) is 2. The molecule has 1 fully saturated rings. The summed E-state index contributed by atoms with van der Waals surface area (Å²) in [4.78, 5) is 0. The maximum absolute atomic E-state index is 11.0. The SMILES string of the molecule is CS(=O)(=O)Nc1ccc(C2CC2)c(N)c1. The van der Waals surface area contributed by atoms with Gasteiger partial charge in [-0.2, -0.15) is 0 Å². The first-order chi connectivity index (χ1) is 6.96. The van der Waals surface area contributed by atoms with Crippen LogP contribution in [0.15, 0.2) is 18.2 Å². The van der Waals surface area contributed by atoms with E-state index in [9.17, 15) is 8.42 Å². The Bertz CT molecular complexity index is 478. The van der Waals surface area contributed by atoms with Crippen molar-refractivity contribution in [2.75, 3.05) is 16.7 Å². The lowest BCUT2D eigenvalue weighted by molar-refractivity contribution is 0.607. The van der Waals surface area contributed by atoms with Crippen LogP contribution in [0.4, 0.5) is 11.4 Å². The highest BCUT2D eigenvalue weighted by atomic mass is 32.2. The second-order valence-corrected chi connectivity index (χ2v) is 5.74. The van der Waals surface area contributed by atoms with Crippen molar-refractivity contribution in [1.29, 1.82) is 0 Å². The highest BCUT2D eigenvalue weighted by Crippen LogP contribution is 2.43. The molecule has 0 aromatic heterocycles. The molecule has 82 valence electrons. The van der Waals surface area contributed by atoms with E-state index in [2.05, 4.69) is 4.72 Å². The molecule has 0 saturated heterocycles. The van der Waals surface area contributed by atoms with Gasteiger partial charge in [-0.3, -0.25) is 4.72 Å². The van der Waals surface area contributed by atoms with Gasteiger partial charge >= 0.3 is 0 Å². The van der Waals surface area contributed by atoms with Crippen LogP contribution in [0, 0.1) is 0 Å². The smallest absolute Gasteiger partial charge is 0.229 e. The molecule has 0 bridgehead atoms. The van der Waals surface area contributed by atoms with Crippen LogP contribution in [0.1, 0.15) is 24.3 Å². The Morgan fingerprint density at radius 2 is 2.07 bits per heavy atom. The van der Waals surface area contributed by atoms with Crippen LogP contribution in [0.3, 0.4) is 0 Å². The first-order valence-corrected chi connectivity index (χ1v) is 6.72. The van der Waals surface area contributed by atoms with Crippen LogP contribution >= 0.6 is 0 Å². The van der Waals surface area contributed by atoms with Crippen LogP contribution in [0.25, 0.3) is 0 Å². The summed E-state index contributed by atoms with van der Waals surface area (Å²) in [6, 6.07) is 5.33. The molecule has 0 atom stereocenters. The standard InChI is InChI=1S/C10H14N2O2S/c1-15(13,14)12-8-4-5-9(7-2-3-7)10(11)6-8/h4-7,12H,2-3,11H2,1H3. The fourth-order valence-electron chi connectivity index (χ4n) is 1.62. The molecular weight excluding hydrogens is 212 g/mol. The lowest BCUT2D eigenvalue weighted by Gasteiger charge is -2.08. The first kappa shape index (κ1) is 10.3. The quantitative estimate of drug-likeness (QED) is 0.767. The second-order valence-electron chi connectivity index (χ2n) is 3.99. The third-order valence-corrected chi connectivity index (χ3v) is 3.01. The number of nitrogen functional groups attached to an aromatic ring is 1. The summed E-state index contributed by atoms with van der Waals surface area (Å²) in [6.07, 6.45) is 3.49. The van der Waals surface area contributed by atoms with E-state index < -0.39 is 10.0 Å². The summed E-state index contributed by atoms with van der Waals surface area (Å²) in [5, 5.41) is 0. The highest BCUT2D eigenvalue weighted by Gasteiger charge is 2.25. The minimum atomic E-state index is -3.22. The number of rotatable bonds is 3. The summed E-state index contributed by atoms with van der Waals surface area (Å²) in [5.74, 6) is 0.581. The predicted molar refractivity (Wildman–Crippen MR) is 61.3 cm³/mol. The van der Waals surface area contributed by atoms with E-state index in [1.807, 2.05) is 6.07 Å². The number of benzene rings is 1. The van der Waals surface area contributed by atoms with Gasteiger partial charge in [-0.15, -0.1) is 0 Å². The van der Waals surface area contributed by atoms with Crippen molar-refractivity contribution in [3.05, 3.63) is 23.8 Å². The van der Waals surface area contributed by atoms with E-state index in [1.54, 1.807) is 12.1 Å². The van der Waals surface area contributed by atoms with Gasteiger partial charge in [-0.1, -0.05) is 6.07 Å². The van der Waals surface area contributed by atoms with Gasteiger partial charge in [-0.25, -0.2) is 8.42 Å². The molecule has 0 amide bonds. The molecule has 15 heavy (non-hydrogen) atoms. The molecule has 0 heterocycles. The zero-order chi connectivity index (χ0) is 11.1. The monoisotopic (exact) mass is 226 g/mol.